The second kappa shape index (κ2) is 9.46. The van der Waals surface area contributed by atoms with Gasteiger partial charge in [0.2, 0.25) is 0 Å². The summed E-state index contributed by atoms with van der Waals surface area (Å²) in [7, 11) is 0. The molecule has 2 rings (SSSR count). The highest BCUT2D eigenvalue weighted by atomic mass is 14.1. The van der Waals surface area contributed by atoms with Gasteiger partial charge in [-0.05, 0) is 49.7 Å². The molecule has 0 heterocycles. The van der Waals surface area contributed by atoms with Gasteiger partial charge in [0.1, 0.15) is 0 Å². The zero-order valence-electron chi connectivity index (χ0n) is 15.2. The average Bonchev–Trinajstić information content (AvgIpc) is 2.55. The minimum atomic E-state index is 0.704. The van der Waals surface area contributed by atoms with E-state index in [0.29, 0.717) is 11.8 Å². The molecule has 0 aromatic heterocycles. The van der Waals surface area contributed by atoms with Crippen molar-refractivity contribution in [3.8, 4) is 0 Å². The van der Waals surface area contributed by atoms with Gasteiger partial charge >= 0.3 is 0 Å². The van der Waals surface area contributed by atoms with Crippen LogP contribution >= 0.6 is 0 Å². The molecule has 0 saturated carbocycles. The minimum Gasteiger partial charge on any atom is -0.0648 e. The van der Waals surface area contributed by atoms with Crippen LogP contribution in [-0.4, -0.2) is 0 Å². The summed E-state index contributed by atoms with van der Waals surface area (Å²) in [6, 6.07) is 17.6. The topological polar surface area (TPSA) is 0 Å². The third-order valence-electron chi connectivity index (χ3n) is 4.52. The summed E-state index contributed by atoms with van der Waals surface area (Å²) >= 11 is 0. The minimum absolute atomic E-state index is 0.704. The van der Waals surface area contributed by atoms with Crippen molar-refractivity contribution in [1.29, 1.82) is 0 Å². The molecule has 120 valence electrons. The van der Waals surface area contributed by atoms with E-state index in [4.69, 9.17) is 0 Å². The average molecular weight is 296 g/mol. The van der Waals surface area contributed by atoms with Crippen LogP contribution in [0.25, 0.3) is 0 Å². The van der Waals surface area contributed by atoms with E-state index >= 15 is 0 Å². The molecular formula is C22H32. The molecule has 0 saturated heterocycles. The molecule has 0 nitrogen and oxygen atoms in total. The molecule has 0 aliphatic rings. The van der Waals surface area contributed by atoms with Crippen molar-refractivity contribution >= 4 is 0 Å². The normalized spacial score (nSPS) is 13.0. The van der Waals surface area contributed by atoms with Crippen LogP contribution in [0.15, 0.2) is 48.5 Å². The second-order valence-electron chi connectivity index (χ2n) is 6.44. The van der Waals surface area contributed by atoms with E-state index in [-0.39, 0.29) is 0 Å². The van der Waals surface area contributed by atoms with Crippen molar-refractivity contribution in [3.05, 3.63) is 70.8 Å². The molecule has 0 bridgehead atoms. The summed E-state index contributed by atoms with van der Waals surface area (Å²) in [5.74, 6) is 1.41. The first kappa shape index (κ1) is 18.5. The van der Waals surface area contributed by atoms with E-state index in [1.54, 1.807) is 0 Å². The Kier molecular flexibility index (Phi) is 7.95. The third kappa shape index (κ3) is 6.05. The Labute approximate surface area is 137 Å². The Morgan fingerprint density at radius 1 is 0.591 bits per heavy atom. The van der Waals surface area contributed by atoms with Gasteiger partial charge in [-0.1, -0.05) is 87.4 Å². The van der Waals surface area contributed by atoms with Crippen molar-refractivity contribution in [1.82, 2.24) is 0 Å². The van der Waals surface area contributed by atoms with Crippen molar-refractivity contribution in [3.63, 3.8) is 0 Å². The highest BCUT2D eigenvalue weighted by Gasteiger charge is 2.01. The van der Waals surface area contributed by atoms with Gasteiger partial charge in [0, 0.05) is 0 Å². The number of hydrogen-bond donors (Lipinski definition) is 0. The quantitative estimate of drug-likeness (QED) is 0.569. The molecule has 0 aliphatic heterocycles. The van der Waals surface area contributed by atoms with Gasteiger partial charge < -0.3 is 0 Å². The van der Waals surface area contributed by atoms with E-state index in [9.17, 15) is 0 Å². The summed E-state index contributed by atoms with van der Waals surface area (Å²) in [6.07, 6.45) is 2.45. The molecule has 0 spiro atoms. The highest BCUT2D eigenvalue weighted by Crippen LogP contribution is 2.19. The van der Waals surface area contributed by atoms with E-state index in [0.717, 1.165) is 0 Å². The first-order valence-electron chi connectivity index (χ1n) is 8.61. The van der Waals surface area contributed by atoms with Crippen molar-refractivity contribution in [2.75, 3.05) is 0 Å². The SMILES string of the molecule is CCC(C)c1ccc(C)cc1.CCC(C)c1ccc(C)cc1. The summed E-state index contributed by atoms with van der Waals surface area (Å²) in [4.78, 5) is 0. The zero-order valence-corrected chi connectivity index (χ0v) is 15.2. The summed E-state index contributed by atoms with van der Waals surface area (Å²) in [5, 5.41) is 0. The van der Waals surface area contributed by atoms with Crippen LogP contribution in [0.4, 0.5) is 0 Å². The molecule has 0 N–H and O–H groups in total. The second-order valence-corrected chi connectivity index (χ2v) is 6.44. The molecule has 0 heteroatoms. The molecule has 22 heavy (non-hydrogen) atoms. The summed E-state index contributed by atoms with van der Waals surface area (Å²) in [5.41, 5.74) is 5.60. The highest BCUT2D eigenvalue weighted by molar-refractivity contribution is 5.24. The predicted octanol–water partition coefficient (Wildman–Crippen LogP) is 7.02. The smallest absolute Gasteiger partial charge is 0.0193 e. The van der Waals surface area contributed by atoms with Gasteiger partial charge in [0.05, 0.1) is 0 Å². The number of hydrogen-bond acceptors (Lipinski definition) is 0. The Morgan fingerprint density at radius 3 is 1.09 bits per heavy atom. The third-order valence-corrected chi connectivity index (χ3v) is 4.52. The summed E-state index contributed by atoms with van der Waals surface area (Å²) < 4.78 is 0. The van der Waals surface area contributed by atoms with Crippen molar-refractivity contribution in [2.45, 2.75) is 66.2 Å². The predicted molar refractivity (Wildman–Crippen MR) is 99.8 cm³/mol. The Morgan fingerprint density at radius 2 is 0.864 bits per heavy atom. The van der Waals surface area contributed by atoms with Crippen molar-refractivity contribution in [2.24, 2.45) is 0 Å². The van der Waals surface area contributed by atoms with Crippen LogP contribution in [0.1, 0.15) is 74.6 Å². The van der Waals surface area contributed by atoms with Gasteiger partial charge in [-0.15, -0.1) is 0 Å². The maximum Gasteiger partial charge on any atom is -0.0193 e. The van der Waals surface area contributed by atoms with E-state index in [2.05, 4.69) is 90.1 Å². The Hall–Kier alpha value is -1.56. The fourth-order valence-corrected chi connectivity index (χ4v) is 2.26. The van der Waals surface area contributed by atoms with Crippen LogP contribution in [-0.2, 0) is 0 Å². The van der Waals surface area contributed by atoms with Gasteiger partial charge in [0.15, 0.2) is 0 Å². The van der Waals surface area contributed by atoms with Crippen LogP contribution in [0, 0.1) is 13.8 Å². The van der Waals surface area contributed by atoms with Gasteiger partial charge in [-0.2, -0.15) is 0 Å². The Balaban J connectivity index is 0.000000220. The molecule has 0 radical (unpaired) electrons. The monoisotopic (exact) mass is 296 g/mol. The fraction of sp³-hybridized carbons (Fsp3) is 0.455. The van der Waals surface area contributed by atoms with E-state index in [1.807, 2.05) is 0 Å². The van der Waals surface area contributed by atoms with E-state index < -0.39 is 0 Å². The lowest BCUT2D eigenvalue weighted by Crippen LogP contribution is -1.89. The first-order chi connectivity index (χ1) is 10.5. The molecule has 0 fully saturated rings. The molecule has 2 unspecified atom stereocenters. The number of aryl methyl sites for hydroxylation is 2. The van der Waals surface area contributed by atoms with Crippen LogP contribution in [0.2, 0.25) is 0 Å². The fourth-order valence-electron chi connectivity index (χ4n) is 2.26. The Bertz CT molecular complexity index is 467. The lowest BCUT2D eigenvalue weighted by Gasteiger charge is -2.07. The molecule has 2 aromatic carbocycles. The van der Waals surface area contributed by atoms with Crippen molar-refractivity contribution < 1.29 is 0 Å². The number of rotatable bonds is 4. The molecule has 0 aliphatic carbocycles. The summed E-state index contributed by atoms with van der Waals surface area (Å²) in [6.45, 7) is 13.2. The molecule has 2 aromatic rings. The lowest BCUT2D eigenvalue weighted by molar-refractivity contribution is 0.733. The maximum absolute atomic E-state index is 2.27. The standard InChI is InChI=1S/2C11H16/c2*1-4-10(3)11-7-5-9(2)6-8-11/h2*5-8,10H,4H2,1-3H3. The number of benzene rings is 2. The first-order valence-corrected chi connectivity index (χ1v) is 8.61. The molecule has 2 atom stereocenters. The lowest BCUT2D eigenvalue weighted by atomic mass is 9.98. The van der Waals surface area contributed by atoms with Crippen LogP contribution < -0.4 is 0 Å². The molecular weight excluding hydrogens is 264 g/mol. The van der Waals surface area contributed by atoms with Crippen LogP contribution in [0.5, 0.6) is 0 Å². The zero-order chi connectivity index (χ0) is 16.5. The van der Waals surface area contributed by atoms with Gasteiger partial charge in [-0.25, -0.2) is 0 Å². The largest absolute Gasteiger partial charge is 0.0648 e. The van der Waals surface area contributed by atoms with Gasteiger partial charge in [0.25, 0.3) is 0 Å². The molecule has 0 amide bonds. The van der Waals surface area contributed by atoms with Crippen LogP contribution in [0.3, 0.4) is 0 Å². The van der Waals surface area contributed by atoms with E-state index in [1.165, 1.54) is 35.1 Å². The van der Waals surface area contributed by atoms with Gasteiger partial charge in [-0.3, -0.25) is 0 Å². The maximum atomic E-state index is 2.27.